The van der Waals surface area contributed by atoms with Crippen LogP contribution in [0.3, 0.4) is 0 Å². The number of carbonyl (C=O) groups excluding carboxylic acids is 1. The number of carbonyl (C=O) groups is 1. The summed E-state index contributed by atoms with van der Waals surface area (Å²) < 4.78 is 38.8. The third-order valence-electron chi connectivity index (χ3n) is 5.63. The van der Waals surface area contributed by atoms with Crippen LogP contribution < -0.4 is 44.7 Å². The van der Waals surface area contributed by atoms with Crippen molar-refractivity contribution in [2.45, 2.75) is 18.2 Å². The van der Waals surface area contributed by atoms with Crippen LogP contribution in [0.2, 0.25) is 10.0 Å². The first-order chi connectivity index (χ1) is 18.0. The monoisotopic (exact) mass is 595 g/mol. The molecule has 4 aromatic rings. The number of aryl methyl sites for hydroxylation is 1. The molecule has 39 heavy (non-hydrogen) atoms. The number of hydrogen-bond donors (Lipinski definition) is 2. The van der Waals surface area contributed by atoms with Gasteiger partial charge in [-0.2, -0.15) is 13.5 Å². The molecule has 0 fully saturated rings. The molecule has 0 aromatic heterocycles. The molecule has 1 amide bonds. The van der Waals surface area contributed by atoms with Gasteiger partial charge in [-0.25, -0.2) is 0 Å². The minimum absolute atomic E-state index is 0. The predicted molar refractivity (Wildman–Crippen MR) is 144 cm³/mol. The molecule has 196 valence electrons. The summed E-state index contributed by atoms with van der Waals surface area (Å²) in [6, 6.07) is 15.1. The number of azo groups is 1. The van der Waals surface area contributed by atoms with Crippen molar-refractivity contribution in [3.8, 4) is 11.5 Å². The molecule has 0 saturated heterocycles. The molecule has 0 atom stereocenters. The van der Waals surface area contributed by atoms with Gasteiger partial charge >= 0.3 is 29.6 Å². The number of nitrogens with zero attached hydrogens (tertiary/aromatic N) is 2. The van der Waals surface area contributed by atoms with E-state index in [2.05, 4.69) is 15.5 Å². The van der Waals surface area contributed by atoms with Crippen LogP contribution in [0.5, 0.6) is 11.5 Å². The zero-order valence-electron chi connectivity index (χ0n) is 21.0. The average molecular weight is 596 g/mol. The summed E-state index contributed by atoms with van der Waals surface area (Å²) in [6.07, 6.45) is 0.407. The molecular formula is C26H20Cl2N3NaO6S. The van der Waals surface area contributed by atoms with Crippen LogP contribution >= 0.6 is 23.2 Å². The number of methoxy groups -OCH3 is 1. The van der Waals surface area contributed by atoms with Gasteiger partial charge < -0.3 is 15.2 Å². The van der Waals surface area contributed by atoms with E-state index in [0.29, 0.717) is 39.2 Å². The van der Waals surface area contributed by atoms with Crippen LogP contribution in [-0.4, -0.2) is 26.0 Å². The molecule has 0 aliphatic carbocycles. The van der Waals surface area contributed by atoms with Gasteiger partial charge in [-0.05, 0) is 47.7 Å². The number of benzene rings is 4. The molecule has 0 unspecified atom stereocenters. The second-order valence-corrected chi connectivity index (χ2v) is 10.3. The number of hydrogen-bond acceptors (Lipinski definition) is 7. The number of nitrogens with one attached hydrogen (secondary N) is 1. The summed E-state index contributed by atoms with van der Waals surface area (Å²) in [6.45, 7) is 1.77. The van der Waals surface area contributed by atoms with Crippen molar-refractivity contribution < 1.29 is 57.2 Å². The van der Waals surface area contributed by atoms with Gasteiger partial charge in [0, 0.05) is 32.7 Å². The van der Waals surface area contributed by atoms with Crippen LogP contribution in [0.25, 0.3) is 10.8 Å². The number of fused-ring (bicyclic) bond motifs is 1. The van der Waals surface area contributed by atoms with E-state index in [4.69, 9.17) is 27.9 Å². The van der Waals surface area contributed by atoms with Gasteiger partial charge in [-0.15, -0.1) is 5.11 Å². The second kappa shape index (κ2) is 12.6. The Balaban J connectivity index is 0.00000420. The molecule has 2 N–H and O–H groups in total. The minimum Gasteiger partial charge on any atom is -0.870 e. The molecule has 13 heteroatoms. The maximum atomic E-state index is 13.4. The maximum absolute atomic E-state index is 13.4. The van der Waals surface area contributed by atoms with Crippen LogP contribution in [0.4, 0.5) is 17.1 Å². The Kier molecular flexibility index (Phi) is 10.0. The number of ether oxygens (including phenoxy) is 1. The number of rotatable bonds is 7. The van der Waals surface area contributed by atoms with Crippen LogP contribution in [0, 0.1) is 0 Å². The third-order valence-corrected chi connectivity index (χ3v) is 7.08. The van der Waals surface area contributed by atoms with Gasteiger partial charge in [0.1, 0.15) is 16.3 Å². The van der Waals surface area contributed by atoms with Crippen molar-refractivity contribution in [1.82, 2.24) is 0 Å². The van der Waals surface area contributed by atoms with E-state index in [-0.39, 0.29) is 51.5 Å². The summed E-state index contributed by atoms with van der Waals surface area (Å²) in [5.74, 6) is -1.07. The first-order valence-electron chi connectivity index (χ1n) is 11.1. The number of halogens is 2. The van der Waals surface area contributed by atoms with E-state index >= 15 is 0 Å². The van der Waals surface area contributed by atoms with E-state index in [1.807, 2.05) is 0 Å². The Morgan fingerprint density at radius 3 is 2.46 bits per heavy atom. The standard InChI is InChI=1S/C26H21Cl2N3O6S.Na/c1-3-14-9-23(38(34,35)36)22(13-21(14)28)30-31-24-19-7-5-4-6-15(19)8-20(25(24)32)26(33)29-17-10-16(27)11-18(12-17)37-2;/h4-13,32H,3H2,1-2H3,(H,29,33)(H,34,35,36);/q;+1/p-1. The number of anilines is 1. The topological polar surface area (TPSA) is 140 Å². The largest absolute Gasteiger partial charge is 1.00 e. The van der Waals surface area contributed by atoms with E-state index in [9.17, 15) is 22.9 Å². The fraction of sp³-hybridized carbons (Fsp3) is 0.115. The normalized spacial score (nSPS) is 11.4. The Morgan fingerprint density at radius 1 is 1.08 bits per heavy atom. The maximum Gasteiger partial charge on any atom is 1.00 e. The fourth-order valence-electron chi connectivity index (χ4n) is 3.77. The zero-order chi connectivity index (χ0) is 27.6. The Morgan fingerprint density at radius 2 is 1.79 bits per heavy atom. The molecule has 4 rings (SSSR count). The van der Waals surface area contributed by atoms with Crippen molar-refractivity contribution in [2.24, 2.45) is 10.2 Å². The first-order valence-corrected chi connectivity index (χ1v) is 13.3. The van der Waals surface area contributed by atoms with Crippen molar-refractivity contribution in [1.29, 1.82) is 0 Å². The average Bonchev–Trinajstić information content (AvgIpc) is 2.86. The van der Waals surface area contributed by atoms with Gasteiger partial charge in [-0.1, -0.05) is 60.1 Å². The predicted octanol–water partition coefficient (Wildman–Crippen LogP) is 3.71. The summed E-state index contributed by atoms with van der Waals surface area (Å²) in [4.78, 5) is 12.6. The van der Waals surface area contributed by atoms with Gasteiger partial charge in [0.2, 0.25) is 0 Å². The first kappa shape index (κ1) is 30.8. The summed E-state index contributed by atoms with van der Waals surface area (Å²) >= 11 is 12.3. The Labute approximate surface area is 256 Å². The fourth-order valence-corrected chi connectivity index (χ4v) is 4.94. The van der Waals surface area contributed by atoms with Crippen LogP contribution in [-0.2, 0) is 16.5 Å². The summed E-state index contributed by atoms with van der Waals surface area (Å²) in [5.41, 5.74) is 0.0852. The second-order valence-electron chi connectivity index (χ2n) is 8.10. The summed E-state index contributed by atoms with van der Waals surface area (Å²) in [7, 11) is -3.23. The van der Waals surface area contributed by atoms with Crippen molar-refractivity contribution in [2.75, 3.05) is 12.4 Å². The van der Waals surface area contributed by atoms with Gasteiger partial charge in [0.25, 0.3) is 16.0 Å². The molecule has 0 heterocycles. The summed E-state index contributed by atoms with van der Waals surface area (Å²) in [5, 5.41) is 25.4. The Bertz CT molecular complexity index is 1710. The molecule has 0 radical (unpaired) electrons. The third kappa shape index (κ3) is 6.90. The van der Waals surface area contributed by atoms with E-state index < -0.39 is 26.7 Å². The van der Waals surface area contributed by atoms with E-state index in [0.717, 1.165) is 0 Å². The van der Waals surface area contributed by atoms with Crippen LogP contribution in [0.15, 0.2) is 75.8 Å². The van der Waals surface area contributed by atoms with E-state index in [1.165, 1.54) is 37.4 Å². The molecule has 0 saturated carbocycles. The van der Waals surface area contributed by atoms with Gasteiger partial charge in [0.15, 0.2) is 0 Å². The van der Waals surface area contributed by atoms with Crippen molar-refractivity contribution >= 4 is 67.1 Å². The van der Waals surface area contributed by atoms with Crippen LogP contribution in [0.1, 0.15) is 22.8 Å². The molecule has 9 nitrogen and oxygen atoms in total. The van der Waals surface area contributed by atoms with Gasteiger partial charge in [-0.3, -0.25) is 9.35 Å². The van der Waals surface area contributed by atoms with Crippen molar-refractivity contribution in [3.63, 3.8) is 0 Å². The Hall–Kier alpha value is -2.70. The van der Waals surface area contributed by atoms with E-state index in [1.54, 1.807) is 37.3 Å². The SMILES string of the molecule is CCc1cc(S(=O)(=O)O)c(N=Nc2c([O-])c(C(=O)Nc3cc(Cl)cc(OC)c3)cc3ccccc23)cc1Cl.[Na+]. The molecule has 4 aromatic carbocycles. The minimum atomic E-state index is -4.68. The molecule has 0 aliphatic heterocycles. The molecule has 0 aliphatic rings. The molecule has 0 bridgehead atoms. The quantitative estimate of drug-likeness (QED) is 0.189. The number of amides is 1. The van der Waals surface area contributed by atoms with Gasteiger partial charge in [0.05, 0.1) is 12.8 Å². The zero-order valence-corrected chi connectivity index (χ0v) is 25.4. The molecule has 0 spiro atoms. The smallest absolute Gasteiger partial charge is 0.870 e. The van der Waals surface area contributed by atoms with Crippen molar-refractivity contribution in [3.05, 3.63) is 81.8 Å². The molecular weight excluding hydrogens is 576 g/mol.